The van der Waals surface area contributed by atoms with Gasteiger partial charge in [0.1, 0.15) is 6.04 Å². The zero-order valence-corrected chi connectivity index (χ0v) is 29.0. The number of amides is 2. The molecule has 15 heteroatoms. The number of Topliss-reactive ketones (excluding diaryl/α,β-unsaturated/α-hetero) is 1. The monoisotopic (exact) mass is 721 g/mol. The molecule has 1 N–H and O–H groups in total. The number of halogens is 2. The van der Waals surface area contributed by atoms with Gasteiger partial charge in [-0.3, -0.25) is 19.6 Å². The maximum absolute atomic E-state index is 13.5. The smallest absolute Gasteiger partial charge is 0.338 e. The van der Waals surface area contributed by atoms with Gasteiger partial charge >= 0.3 is 12.0 Å². The lowest BCUT2D eigenvalue weighted by Gasteiger charge is -2.38. The Balaban J connectivity index is 1.13. The van der Waals surface area contributed by atoms with Crippen molar-refractivity contribution in [2.45, 2.75) is 19.0 Å². The minimum Gasteiger partial charge on any atom is -0.466 e. The van der Waals surface area contributed by atoms with Gasteiger partial charge in [-0.25, -0.2) is 19.6 Å². The molecule has 0 saturated carbocycles. The molecule has 246 valence electrons. The SMILES string of the molecule is COC(=O)C1=C(CN2CCN3C(=O)N(c4nc(-c5ccc(C(C)=O)cc5)cs4)C[C@@H]3C2)NC(c2nccs2)=N[C@H]1c1ccc(Cl)cc1Cl. The molecule has 3 aliphatic rings. The molecule has 0 spiro atoms. The topological polar surface area (TPSA) is 120 Å². The number of nitrogens with one attached hydrogen (secondary N) is 1. The van der Waals surface area contributed by atoms with Gasteiger partial charge in [0, 0.05) is 75.6 Å². The lowest BCUT2D eigenvalue weighted by Crippen LogP contribution is -2.53. The first-order valence-electron chi connectivity index (χ1n) is 15.1. The second-order valence-electron chi connectivity index (χ2n) is 11.5. The van der Waals surface area contributed by atoms with E-state index in [1.165, 1.54) is 36.7 Å². The molecule has 11 nitrogen and oxygen atoms in total. The average molecular weight is 723 g/mol. The summed E-state index contributed by atoms with van der Waals surface area (Å²) in [5.74, 6) is 0.0108. The van der Waals surface area contributed by atoms with Crippen molar-refractivity contribution in [1.82, 2.24) is 25.1 Å². The van der Waals surface area contributed by atoms with Gasteiger partial charge in [0.05, 0.1) is 31.0 Å². The van der Waals surface area contributed by atoms with Crippen LogP contribution in [0.3, 0.4) is 0 Å². The molecule has 2 saturated heterocycles. The number of hydrogen-bond acceptors (Lipinski definition) is 11. The predicted molar refractivity (Wildman–Crippen MR) is 187 cm³/mol. The summed E-state index contributed by atoms with van der Waals surface area (Å²) in [4.78, 5) is 58.6. The first-order chi connectivity index (χ1) is 23.2. The highest BCUT2D eigenvalue weighted by Gasteiger charge is 2.43. The standard InChI is InChI=1S/C33H29Cl2N7O4S2/c1-18(43)19-3-5-20(6-4-19)26-17-48-32(38-26)42-15-22-14-40(10-11-41(22)33(42)45)16-25-27(31(44)46-2)28(23-8-7-21(34)13-24(23)35)39-29(37-25)30-36-9-12-47-30/h3-9,12-13,17,22,28H,10-11,14-16H2,1-2H3,(H,37,39)/t22-,28-/m0/s1. The van der Waals surface area contributed by atoms with Crippen LogP contribution in [-0.4, -0.2) is 89.3 Å². The molecule has 4 aromatic rings. The Morgan fingerprint density at radius 1 is 1.08 bits per heavy atom. The molecule has 2 amide bonds. The van der Waals surface area contributed by atoms with E-state index in [0.717, 1.165) is 11.3 Å². The van der Waals surface area contributed by atoms with Gasteiger partial charge in [0.25, 0.3) is 0 Å². The maximum Gasteiger partial charge on any atom is 0.338 e. The van der Waals surface area contributed by atoms with Crippen LogP contribution in [-0.2, 0) is 9.53 Å². The van der Waals surface area contributed by atoms with Crippen molar-refractivity contribution >= 4 is 74.6 Å². The minimum atomic E-state index is -0.750. The highest BCUT2D eigenvalue weighted by Crippen LogP contribution is 2.38. The van der Waals surface area contributed by atoms with E-state index < -0.39 is 12.0 Å². The Bertz CT molecular complexity index is 1960. The molecule has 3 aliphatic heterocycles. The maximum atomic E-state index is 13.5. The zero-order chi connectivity index (χ0) is 33.5. The number of hydrogen-bond donors (Lipinski definition) is 1. The molecular weight excluding hydrogens is 693 g/mol. The van der Waals surface area contributed by atoms with E-state index >= 15 is 0 Å². The number of ketones is 1. The number of piperazine rings is 1. The van der Waals surface area contributed by atoms with Gasteiger partial charge in [-0.15, -0.1) is 22.7 Å². The fourth-order valence-corrected chi connectivity index (χ4v) is 8.10. The number of rotatable bonds is 8. The summed E-state index contributed by atoms with van der Waals surface area (Å²) in [6.45, 7) is 4.10. The molecule has 0 unspecified atom stereocenters. The largest absolute Gasteiger partial charge is 0.466 e. The highest BCUT2D eigenvalue weighted by molar-refractivity contribution is 7.14. The van der Waals surface area contributed by atoms with Crippen molar-refractivity contribution < 1.29 is 19.1 Å². The summed E-state index contributed by atoms with van der Waals surface area (Å²) in [6.07, 6.45) is 1.70. The van der Waals surface area contributed by atoms with Gasteiger partial charge in [-0.1, -0.05) is 53.5 Å². The van der Waals surface area contributed by atoms with E-state index in [4.69, 9.17) is 37.9 Å². The second kappa shape index (κ2) is 13.4. The number of fused-ring (bicyclic) bond motifs is 1. The van der Waals surface area contributed by atoms with Crippen molar-refractivity contribution in [2.75, 3.05) is 44.7 Å². The lowest BCUT2D eigenvalue weighted by atomic mass is 9.95. The van der Waals surface area contributed by atoms with Crippen LogP contribution in [0.2, 0.25) is 10.0 Å². The van der Waals surface area contributed by atoms with Crippen LogP contribution < -0.4 is 10.2 Å². The molecule has 48 heavy (non-hydrogen) atoms. The van der Waals surface area contributed by atoms with Gasteiger partial charge in [-0.05, 0) is 19.1 Å². The summed E-state index contributed by atoms with van der Waals surface area (Å²) in [6, 6.07) is 11.5. The third kappa shape index (κ3) is 6.24. The number of methoxy groups -OCH3 is 1. The number of benzene rings is 2. The van der Waals surface area contributed by atoms with Crippen LogP contribution in [0, 0.1) is 0 Å². The van der Waals surface area contributed by atoms with Crippen LogP contribution in [0.25, 0.3) is 11.3 Å². The Morgan fingerprint density at radius 2 is 1.90 bits per heavy atom. The number of aromatic nitrogens is 2. The molecule has 0 aliphatic carbocycles. The number of amidine groups is 1. The zero-order valence-electron chi connectivity index (χ0n) is 25.9. The van der Waals surface area contributed by atoms with Crippen molar-refractivity contribution in [3.05, 3.63) is 96.9 Å². The highest BCUT2D eigenvalue weighted by atomic mass is 35.5. The molecule has 7 rings (SSSR count). The fraction of sp³-hybridized carbons (Fsp3) is 0.273. The normalized spacial score (nSPS) is 19.7. The van der Waals surface area contributed by atoms with Gasteiger partial charge in [0.15, 0.2) is 21.8 Å². The second-order valence-corrected chi connectivity index (χ2v) is 14.1. The molecule has 5 heterocycles. The Hall–Kier alpha value is -4.14. The van der Waals surface area contributed by atoms with Crippen molar-refractivity contribution in [1.29, 1.82) is 0 Å². The Labute approximate surface area is 294 Å². The van der Waals surface area contributed by atoms with Crippen LogP contribution >= 0.6 is 45.9 Å². The lowest BCUT2D eigenvalue weighted by molar-refractivity contribution is -0.136. The number of anilines is 1. The fourth-order valence-electron chi connectivity index (χ4n) is 6.16. The van der Waals surface area contributed by atoms with Crippen LogP contribution in [0.1, 0.15) is 33.9 Å². The molecular formula is C33H29Cl2N7O4S2. The molecule has 2 aromatic carbocycles. The third-order valence-corrected chi connectivity index (χ3v) is 10.8. The summed E-state index contributed by atoms with van der Waals surface area (Å²) in [7, 11) is 1.34. The molecule has 2 aromatic heterocycles. The van der Waals surface area contributed by atoms with E-state index in [1.807, 2.05) is 27.8 Å². The number of nitrogens with zero attached hydrogens (tertiary/aromatic N) is 6. The van der Waals surface area contributed by atoms with E-state index in [2.05, 4.69) is 15.2 Å². The number of thiazole rings is 2. The summed E-state index contributed by atoms with van der Waals surface area (Å²) >= 11 is 15.7. The van der Waals surface area contributed by atoms with E-state index in [9.17, 15) is 14.4 Å². The molecule has 0 radical (unpaired) electrons. The van der Waals surface area contributed by atoms with Crippen molar-refractivity contribution in [2.24, 2.45) is 4.99 Å². The van der Waals surface area contributed by atoms with Crippen molar-refractivity contribution in [3.8, 4) is 11.3 Å². The van der Waals surface area contributed by atoms with E-state index in [0.29, 0.717) is 81.1 Å². The molecule has 2 fully saturated rings. The summed E-state index contributed by atoms with van der Waals surface area (Å²) in [5.41, 5.74) is 3.87. The van der Waals surface area contributed by atoms with Crippen LogP contribution in [0.5, 0.6) is 0 Å². The number of aliphatic imine (C=N–C) groups is 1. The van der Waals surface area contributed by atoms with Gasteiger partial charge < -0.3 is 15.0 Å². The van der Waals surface area contributed by atoms with Gasteiger partial charge in [0.2, 0.25) is 0 Å². The Kier molecular flexibility index (Phi) is 9.05. The number of ether oxygens (including phenoxy) is 1. The molecule has 0 bridgehead atoms. The number of carbonyl (C=O) groups excluding carboxylic acids is 3. The van der Waals surface area contributed by atoms with Crippen LogP contribution in [0.4, 0.5) is 9.93 Å². The van der Waals surface area contributed by atoms with Crippen molar-refractivity contribution in [3.63, 3.8) is 0 Å². The van der Waals surface area contributed by atoms with Crippen LogP contribution in [0.15, 0.2) is 75.7 Å². The quantitative estimate of drug-likeness (QED) is 0.176. The van der Waals surface area contributed by atoms with E-state index in [1.54, 1.807) is 41.4 Å². The first kappa shape index (κ1) is 32.4. The predicted octanol–water partition coefficient (Wildman–Crippen LogP) is 5.92. The Morgan fingerprint density at radius 3 is 2.60 bits per heavy atom. The average Bonchev–Trinajstić information content (AvgIpc) is 3.85. The van der Waals surface area contributed by atoms with Gasteiger partial charge in [-0.2, -0.15) is 0 Å². The summed E-state index contributed by atoms with van der Waals surface area (Å²) < 4.78 is 5.26. The number of carbonyl (C=O) groups is 3. The summed E-state index contributed by atoms with van der Waals surface area (Å²) in [5, 5.41) is 9.32. The number of esters is 1. The van der Waals surface area contributed by atoms with E-state index in [-0.39, 0.29) is 17.9 Å². The first-order valence-corrected chi connectivity index (χ1v) is 17.6. The minimum absolute atomic E-state index is 0.00446. The molecule has 2 atom stereocenters. The third-order valence-electron chi connectivity index (χ3n) is 8.55. The number of urea groups is 1.